The SMILES string of the molecule is CCC(=O)SC(=O)[C@@]1(O)[C@H](C)C[C@H]2[C@@H]3CCC4=CC(=O)C=C[C@]4(C)[C@@]3(F)[C@@H](O)C[C@@]21C. The minimum Gasteiger partial charge on any atom is -0.390 e. The van der Waals surface area contributed by atoms with Gasteiger partial charge in [-0.1, -0.05) is 32.4 Å². The topological polar surface area (TPSA) is 91.7 Å². The van der Waals surface area contributed by atoms with Crippen LogP contribution in [-0.4, -0.2) is 43.6 Å². The summed E-state index contributed by atoms with van der Waals surface area (Å²) >= 11 is 0.540. The Kier molecular flexibility index (Phi) is 5.23. The molecular formula is C24H31FO5S. The lowest BCUT2D eigenvalue weighted by molar-refractivity contribution is -0.216. The molecule has 0 aromatic carbocycles. The number of halogens is 1. The number of carbonyl (C=O) groups is 3. The molecule has 0 spiro atoms. The molecule has 4 aliphatic carbocycles. The van der Waals surface area contributed by atoms with E-state index in [0.29, 0.717) is 36.6 Å². The second-order valence-electron chi connectivity index (χ2n) is 10.3. The van der Waals surface area contributed by atoms with Crippen LogP contribution in [0, 0.1) is 28.6 Å². The number of allylic oxidation sites excluding steroid dienone is 4. The molecule has 0 aromatic rings. The van der Waals surface area contributed by atoms with Crippen molar-refractivity contribution in [1.29, 1.82) is 0 Å². The van der Waals surface area contributed by atoms with Crippen LogP contribution < -0.4 is 0 Å². The predicted octanol–water partition coefficient (Wildman–Crippen LogP) is 3.53. The quantitative estimate of drug-likeness (QED) is 0.669. The number of alkyl halides is 1. The Hall–Kier alpha value is -1.31. The lowest BCUT2D eigenvalue weighted by atomic mass is 9.45. The van der Waals surface area contributed by atoms with Crippen LogP contribution in [0.5, 0.6) is 0 Å². The number of ketones is 1. The van der Waals surface area contributed by atoms with Gasteiger partial charge < -0.3 is 10.2 Å². The Labute approximate surface area is 186 Å². The summed E-state index contributed by atoms with van der Waals surface area (Å²) < 4.78 is 17.0. The largest absolute Gasteiger partial charge is 0.390 e. The second kappa shape index (κ2) is 7.09. The van der Waals surface area contributed by atoms with Crippen LogP contribution in [0.1, 0.15) is 59.8 Å². The van der Waals surface area contributed by atoms with Gasteiger partial charge in [0.2, 0.25) is 5.12 Å². The van der Waals surface area contributed by atoms with Gasteiger partial charge in [0.15, 0.2) is 16.6 Å². The Morgan fingerprint density at radius 2 is 1.97 bits per heavy atom. The standard InChI is InChI=1S/C24H31FO5S/c1-5-19(28)31-20(29)24(30)13(2)10-17-16-7-6-14-11-15(26)8-9-21(14,3)23(16,25)18(27)12-22(17,24)4/h8-9,11,13,16-18,27,30H,5-7,10,12H2,1-4H3/t13-,16+,17+,18+,21+,22+,23+,24+/m1/s1. The number of aliphatic hydroxyl groups is 2. The number of carbonyl (C=O) groups excluding carboxylic acids is 3. The first-order valence-corrected chi connectivity index (χ1v) is 12.0. The van der Waals surface area contributed by atoms with E-state index in [2.05, 4.69) is 0 Å². The molecule has 8 atom stereocenters. The normalized spacial score (nSPS) is 48.5. The molecule has 4 rings (SSSR count). The number of aliphatic hydroxyl groups excluding tert-OH is 1. The first-order valence-electron chi connectivity index (χ1n) is 11.1. The summed E-state index contributed by atoms with van der Waals surface area (Å²) in [7, 11) is 0. The lowest BCUT2D eigenvalue weighted by Gasteiger charge is -2.62. The van der Waals surface area contributed by atoms with Crippen LogP contribution in [0.4, 0.5) is 4.39 Å². The Morgan fingerprint density at radius 1 is 1.29 bits per heavy atom. The summed E-state index contributed by atoms with van der Waals surface area (Å²) in [5, 5.41) is 22.1. The Morgan fingerprint density at radius 3 is 2.61 bits per heavy atom. The third-order valence-electron chi connectivity index (χ3n) is 9.03. The van der Waals surface area contributed by atoms with Crippen molar-refractivity contribution in [2.24, 2.45) is 28.6 Å². The number of hydrogen-bond donors (Lipinski definition) is 2. The maximum atomic E-state index is 17.0. The van der Waals surface area contributed by atoms with E-state index in [-0.39, 0.29) is 29.7 Å². The second-order valence-corrected chi connectivity index (χ2v) is 11.3. The highest BCUT2D eigenvalue weighted by Crippen LogP contribution is 2.71. The molecule has 0 aliphatic heterocycles. The highest BCUT2D eigenvalue weighted by Gasteiger charge is 2.75. The third kappa shape index (κ3) is 2.72. The van der Waals surface area contributed by atoms with Crippen molar-refractivity contribution in [2.75, 3.05) is 0 Å². The molecule has 0 bridgehead atoms. The van der Waals surface area contributed by atoms with E-state index in [1.807, 2.05) is 0 Å². The van der Waals surface area contributed by atoms with E-state index in [9.17, 15) is 24.6 Å². The smallest absolute Gasteiger partial charge is 0.228 e. The summed E-state index contributed by atoms with van der Waals surface area (Å²) in [4.78, 5) is 37.0. The molecule has 3 saturated carbocycles. The van der Waals surface area contributed by atoms with Crippen molar-refractivity contribution in [1.82, 2.24) is 0 Å². The molecular weight excluding hydrogens is 419 g/mol. The van der Waals surface area contributed by atoms with Gasteiger partial charge in [-0.25, -0.2) is 4.39 Å². The van der Waals surface area contributed by atoms with E-state index >= 15 is 4.39 Å². The molecule has 7 heteroatoms. The Balaban J connectivity index is 1.78. The zero-order valence-electron chi connectivity index (χ0n) is 18.5. The fraction of sp³-hybridized carbons (Fsp3) is 0.708. The monoisotopic (exact) mass is 450 g/mol. The average Bonchev–Trinajstić information content (AvgIpc) is 2.91. The number of fused-ring (bicyclic) bond motifs is 5. The van der Waals surface area contributed by atoms with Gasteiger partial charge in [0.05, 0.1) is 6.10 Å². The van der Waals surface area contributed by atoms with Crippen LogP contribution in [0.15, 0.2) is 23.8 Å². The molecule has 0 unspecified atom stereocenters. The third-order valence-corrected chi connectivity index (χ3v) is 10.0. The summed E-state index contributed by atoms with van der Waals surface area (Å²) in [5.74, 6) is -1.53. The van der Waals surface area contributed by atoms with Crippen LogP contribution in [0.3, 0.4) is 0 Å². The molecule has 0 amide bonds. The molecule has 4 aliphatic rings. The molecule has 3 fully saturated rings. The zero-order chi connectivity index (χ0) is 23.0. The van der Waals surface area contributed by atoms with E-state index in [1.165, 1.54) is 12.2 Å². The summed E-state index contributed by atoms with van der Waals surface area (Å²) in [5.41, 5.74) is -5.27. The van der Waals surface area contributed by atoms with Crippen molar-refractivity contribution >= 4 is 27.8 Å². The highest BCUT2D eigenvalue weighted by atomic mass is 32.2. The maximum absolute atomic E-state index is 17.0. The molecule has 31 heavy (non-hydrogen) atoms. The zero-order valence-corrected chi connectivity index (χ0v) is 19.3. The van der Waals surface area contributed by atoms with Crippen LogP contribution in [0.25, 0.3) is 0 Å². The average molecular weight is 451 g/mol. The first-order chi connectivity index (χ1) is 14.4. The predicted molar refractivity (Wildman–Crippen MR) is 116 cm³/mol. The van der Waals surface area contributed by atoms with Crippen LogP contribution >= 0.6 is 11.8 Å². The van der Waals surface area contributed by atoms with Crippen molar-refractivity contribution in [3.63, 3.8) is 0 Å². The van der Waals surface area contributed by atoms with Crippen molar-refractivity contribution < 1.29 is 29.0 Å². The number of hydrogen-bond acceptors (Lipinski definition) is 6. The summed E-state index contributed by atoms with van der Waals surface area (Å²) in [6.45, 7) is 6.95. The molecule has 170 valence electrons. The molecule has 0 aromatic heterocycles. The maximum Gasteiger partial charge on any atom is 0.228 e. The van der Waals surface area contributed by atoms with Gasteiger partial charge >= 0.3 is 0 Å². The molecule has 5 nitrogen and oxygen atoms in total. The summed E-state index contributed by atoms with van der Waals surface area (Å²) in [6, 6.07) is 0. The first kappa shape index (κ1) is 22.9. The number of thioether (sulfide) groups is 1. The van der Waals surface area contributed by atoms with Crippen molar-refractivity contribution in [3.8, 4) is 0 Å². The lowest BCUT2D eigenvalue weighted by Crippen LogP contribution is -2.69. The fourth-order valence-electron chi connectivity index (χ4n) is 7.23. The van der Waals surface area contributed by atoms with Gasteiger partial charge in [0.25, 0.3) is 0 Å². The van der Waals surface area contributed by atoms with E-state index in [4.69, 9.17) is 0 Å². The van der Waals surface area contributed by atoms with Crippen LogP contribution in [-0.2, 0) is 14.4 Å². The molecule has 0 heterocycles. The fourth-order valence-corrected chi connectivity index (χ4v) is 8.18. The minimum absolute atomic E-state index is 0.0806. The summed E-state index contributed by atoms with van der Waals surface area (Å²) in [6.07, 6.45) is 4.55. The number of rotatable bonds is 2. The highest BCUT2D eigenvalue weighted by molar-refractivity contribution is 8.26. The van der Waals surface area contributed by atoms with Crippen LogP contribution in [0.2, 0.25) is 0 Å². The molecule has 0 saturated heterocycles. The van der Waals surface area contributed by atoms with Gasteiger partial charge in [-0.15, -0.1) is 0 Å². The van der Waals surface area contributed by atoms with Gasteiger partial charge in [0.1, 0.15) is 5.60 Å². The van der Waals surface area contributed by atoms with Gasteiger partial charge in [-0.05, 0) is 68.4 Å². The van der Waals surface area contributed by atoms with Gasteiger partial charge in [-0.3, -0.25) is 14.4 Å². The van der Waals surface area contributed by atoms with E-state index in [0.717, 1.165) is 0 Å². The van der Waals surface area contributed by atoms with Gasteiger partial charge in [-0.2, -0.15) is 0 Å². The van der Waals surface area contributed by atoms with E-state index in [1.54, 1.807) is 33.8 Å². The van der Waals surface area contributed by atoms with Gasteiger partial charge in [0, 0.05) is 23.2 Å². The molecule has 0 radical (unpaired) electrons. The minimum atomic E-state index is -2.00. The molecule has 2 N–H and O–H groups in total. The Bertz CT molecular complexity index is 914. The van der Waals surface area contributed by atoms with Crippen molar-refractivity contribution in [2.45, 2.75) is 77.2 Å². The van der Waals surface area contributed by atoms with E-state index < -0.39 is 45.2 Å². The van der Waals surface area contributed by atoms with Crippen molar-refractivity contribution in [3.05, 3.63) is 23.8 Å².